The van der Waals surface area contributed by atoms with E-state index in [9.17, 15) is 70.9 Å². The fraction of sp³-hybridized carbons (Fsp3) is 0.643. The molecule has 0 aromatic carbocycles. The normalized spacial score (nSPS) is 39.9. The third-order valence-corrected chi connectivity index (χ3v) is 14.3. The Morgan fingerprint density at radius 3 is 1.76 bits per heavy atom. The topological polar surface area (TPSA) is 414 Å². The third kappa shape index (κ3) is 22.1. The van der Waals surface area contributed by atoms with Gasteiger partial charge in [0, 0.05) is 48.7 Å². The number of rotatable bonds is 5. The zero-order valence-corrected chi connectivity index (χ0v) is 45.5. The highest BCUT2D eigenvalue weighted by Crippen LogP contribution is 2.40. The van der Waals surface area contributed by atoms with Crippen LogP contribution in [0.15, 0.2) is 109 Å². The van der Waals surface area contributed by atoms with Gasteiger partial charge in [-0.3, -0.25) is 4.79 Å². The number of allylic oxidation sites excluding steroid dienone is 14. The number of ether oxygens (including phenoxy) is 5. The van der Waals surface area contributed by atoms with E-state index in [4.69, 9.17) is 34.3 Å². The Morgan fingerprint density at radius 1 is 0.671 bits per heavy atom. The van der Waals surface area contributed by atoms with Crippen molar-refractivity contribution in [1.82, 2.24) is 0 Å². The second-order valence-corrected chi connectivity index (χ2v) is 20.8. The second kappa shape index (κ2) is 34.1. The van der Waals surface area contributed by atoms with Gasteiger partial charge in [-0.2, -0.15) is 0 Å². The number of cyclic esters (lactones) is 2. The predicted molar refractivity (Wildman–Crippen MR) is 281 cm³/mol. The van der Waals surface area contributed by atoms with Gasteiger partial charge in [0.2, 0.25) is 0 Å². The highest BCUT2D eigenvalue weighted by Gasteiger charge is 2.51. The maximum Gasteiger partial charge on any atom is 0.327 e. The summed E-state index contributed by atoms with van der Waals surface area (Å²) in [6, 6.07) is -0.850. The summed E-state index contributed by atoms with van der Waals surface area (Å²) in [5, 5.41) is 156. The summed E-state index contributed by atoms with van der Waals surface area (Å²) < 4.78 is 28.1. The molecule has 23 nitrogen and oxygen atoms in total. The van der Waals surface area contributed by atoms with E-state index < -0.39 is 190 Å². The van der Waals surface area contributed by atoms with Gasteiger partial charge in [-0.25, -0.2) is 4.79 Å². The van der Waals surface area contributed by atoms with Gasteiger partial charge in [0.15, 0.2) is 24.3 Å². The average molecular weight is 1130 g/mol. The van der Waals surface area contributed by atoms with E-state index in [-0.39, 0.29) is 25.2 Å². The number of esters is 2. The van der Waals surface area contributed by atoms with Crippen LogP contribution in [0.3, 0.4) is 0 Å². The molecule has 448 valence electrons. The Hall–Kier alpha value is -4.48. The maximum atomic E-state index is 12.7. The minimum atomic E-state index is -2.17. The van der Waals surface area contributed by atoms with E-state index in [0.29, 0.717) is 0 Å². The molecule has 79 heavy (non-hydrogen) atoms. The largest absolute Gasteiger partial charge is 0.865 e. The summed E-state index contributed by atoms with van der Waals surface area (Å²) >= 11 is 0. The first-order valence-electron chi connectivity index (χ1n) is 26.7. The van der Waals surface area contributed by atoms with Crippen LogP contribution < -0.4 is 10.8 Å². The van der Waals surface area contributed by atoms with Gasteiger partial charge >= 0.3 is 11.9 Å². The van der Waals surface area contributed by atoms with Crippen LogP contribution in [0.2, 0.25) is 0 Å². The number of quaternary nitrogens is 1. The molecular formula is C56H87NO22. The first-order chi connectivity index (χ1) is 37.2. The molecule has 0 aliphatic carbocycles. The van der Waals surface area contributed by atoms with Crippen LogP contribution in [0.1, 0.15) is 79.6 Å². The quantitative estimate of drug-likeness (QED) is 0.134. The highest BCUT2D eigenvalue weighted by atomic mass is 16.7. The molecule has 2 saturated heterocycles. The van der Waals surface area contributed by atoms with Gasteiger partial charge in [0.05, 0.1) is 80.7 Å². The minimum absolute atomic E-state index is 0.0747. The van der Waals surface area contributed by atoms with Gasteiger partial charge in [-0.1, -0.05) is 118 Å². The van der Waals surface area contributed by atoms with Gasteiger partial charge in [-0.15, -0.1) is 0 Å². The van der Waals surface area contributed by atoms with Gasteiger partial charge in [0.1, 0.15) is 30.1 Å². The van der Waals surface area contributed by atoms with Gasteiger partial charge in [0.25, 0.3) is 0 Å². The van der Waals surface area contributed by atoms with Crippen molar-refractivity contribution >= 4 is 11.9 Å². The molecule has 22 atom stereocenters. The molecule has 0 amide bonds. The van der Waals surface area contributed by atoms with Crippen molar-refractivity contribution in [2.75, 3.05) is 13.2 Å². The Bertz CT molecular complexity index is 2130. The fourth-order valence-corrected chi connectivity index (χ4v) is 9.25. The van der Waals surface area contributed by atoms with Crippen molar-refractivity contribution < 1.29 is 116 Å². The summed E-state index contributed by atoms with van der Waals surface area (Å²) in [5.41, 5.74) is 3.88. The molecule has 4 unspecified atom stereocenters. The van der Waals surface area contributed by atoms with Crippen LogP contribution in [0.25, 0.3) is 0 Å². The molecule has 2 bridgehead atoms. The Labute approximate surface area is 461 Å². The van der Waals surface area contributed by atoms with E-state index in [0.717, 1.165) is 0 Å². The molecule has 0 aromatic heterocycles. The standard InChI is InChI=1S/C50H79NO16.C6H8O6/c1-30-20-18-16-14-12-10-8-6-7-9-11-13-15-17-19-21-42(66-49-47(62)44(51)46(61)34(5)65-49)32(3)48-38(29-52)41(58)28-50(63,67-48)27-37(55)25-40(57)39(56)23-22-35(53)24-36(54)26-43(59)64-33(4)31(2)45(30)60;7-1-2(8)5-3(9)4(10)6(11)12-5/h6-21,30-42,44-49,52-58,60-63H,22-29,51H2,1-5H3;2,5,7-10H,1H2/t30-,31-,32?,33-,34+,35+,36+,37-,38?,39+,40+,41-,42?,44-,45+,46+,47-,48?,49-,50+;2-,5+/m00/s1. The molecule has 23 heteroatoms. The summed E-state index contributed by atoms with van der Waals surface area (Å²) in [6.07, 6.45) is 7.67. The first-order valence-corrected chi connectivity index (χ1v) is 26.7. The average Bonchev–Trinajstić information content (AvgIpc) is 3.70. The fourth-order valence-electron chi connectivity index (χ4n) is 9.25. The molecule has 0 spiro atoms. The molecule has 0 aromatic rings. The molecule has 0 saturated carbocycles. The maximum absolute atomic E-state index is 12.7. The molecule has 4 aliphatic heterocycles. The monoisotopic (exact) mass is 1130 g/mol. The van der Waals surface area contributed by atoms with Crippen LogP contribution >= 0.6 is 0 Å². The number of hydrogen-bond acceptors (Lipinski definition) is 22. The number of aliphatic hydroxyl groups is 14. The molecule has 4 rings (SSSR count). The Kier molecular flexibility index (Phi) is 29.7. The SMILES string of the molecule is CC1C(O[C@@H]2O[C@H](C)[C@@H](O)[C@H]([NH3+])[C@@H]2O)C=CC=CC=CC=CC=CC=CC=CC=C[C@H](C)[C@@H](O)[C@@H](C)[C@H](C)OC(=O)C[C@H](O)C[C@H](O)CC[C@@H](O)[C@H](O)C[C@H](O)C[C@]2(O)C[C@H](O)C(CO)C1O2.O=C1O[C@H]([C@@H](O)CO)C(O)=C1[O-]. The zero-order chi connectivity index (χ0) is 59.1. The molecule has 17 N–H and O–H groups in total. The van der Waals surface area contributed by atoms with Crippen LogP contribution in [0, 0.1) is 23.7 Å². The number of carbonyl (C=O) groups is 2. The van der Waals surface area contributed by atoms with Crippen LogP contribution in [0.4, 0.5) is 0 Å². The lowest BCUT2D eigenvalue weighted by molar-refractivity contribution is -0.488. The van der Waals surface area contributed by atoms with Crippen molar-refractivity contribution in [2.45, 2.75) is 189 Å². The van der Waals surface area contributed by atoms with Gasteiger partial charge in [-0.05, 0) is 33.1 Å². The summed E-state index contributed by atoms with van der Waals surface area (Å²) in [7, 11) is 0. The molecule has 4 aliphatic rings. The van der Waals surface area contributed by atoms with E-state index in [1.165, 1.54) is 0 Å². The Morgan fingerprint density at radius 2 is 1.23 bits per heavy atom. The smallest absolute Gasteiger partial charge is 0.327 e. The van der Waals surface area contributed by atoms with Crippen molar-refractivity contribution in [3.05, 3.63) is 109 Å². The van der Waals surface area contributed by atoms with Crippen LogP contribution in [-0.2, 0) is 33.3 Å². The van der Waals surface area contributed by atoms with Crippen molar-refractivity contribution in [1.29, 1.82) is 0 Å². The molecule has 2 fully saturated rings. The van der Waals surface area contributed by atoms with Crippen LogP contribution in [0.5, 0.6) is 0 Å². The number of hydrogen-bond donors (Lipinski definition) is 15. The van der Waals surface area contributed by atoms with E-state index in [1.807, 2.05) is 73.8 Å². The number of fused-ring (bicyclic) bond motifs is 2. The predicted octanol–water partition coefficient (Wildman–Crippen LogP) is -1.90. The van der Waals surface area contributed by atoms with Gasteiger partial charge < -0.3 is 106 Å². The lowest BCUT2D eigenvalue weighted by atomic mass is 9.79. The summed E-state index contributed by atoms with van der Waals surface area (Å²) in [5.74, 6) is -8.53. The minimum Gasteiger partial charge on any atom is -0.865 e. The summed E-state index contributed by atoms with van der Waals surface area (Å²) in [6.45, 7) is 7.33. The molecule has 4 heterocycles. The van der Waals surface area contributed by atoms with Crippen molar-refractivity contribution in [2.24, 2.45) is 23.7 Å². The molecular weight excluding hydrogens is 1040 g/mol. The zero-order valence-electron chi connectivity index (χ0n) is 45.5. The Balaban J connectivity index is 0.00000120. The molecule has 0 radical (unpaired) electrons. The first kappa shape index (κ1) is 68.8. The lowest BCUT2D eigenvalue weighted by Gasteiger charge is -2.48. The third-order valence-electron chi connectivity index (χ3n) is 14.3. The summed E-state index contributed by atoms with van der Waals surface area (Å²) in [4.78, 5) is 23.1. The van der Waals surface area contributed by atoms with Crippen molar-refractivity contribution in [3.63, 3.8) is 0 Å². The van der Waals surface area contributed by atoms with E-state index in [2.05, 4.69) is 10.5 Å². The van der Waals surface area contributed by atoms with Crippen molar-refractivity contribution in [3.8, 4) is 0 Å². The van der Waals surface area contributed by atoms with E-state index >= 15 is 0 Å². The van der Waals surface area contributed by atoms with Crippen LogP contribution in [-0.4, -0.2) is 206 Å². The highest BCUT2D eigenvalue weighted by molar-refractivity contribution is 5.88. The lowest BCUT2D eigenvalue weighted by Crippen LogP contribution is -2.78. The second-order valence-electron chi connectivity index (χ2n) is 20.8. The number of aliphatic hydroxyl groups excluding tert-OH is 13. The van der Waals surface area contributed by atoms with E-state index in [1.54, 1.807) is 58.1 Å². The number of carbonyl (C=O) groups excluding carboxylic acids is 2.